The first-order valence-corrected chi connectivity index (χ1v) is 6.01. The highest BCUT2D eigenvalue weighted by atomic mass is 14.8. The standard InChI is InChI=1S/C15H15N3/c1-2-15(11-16,14-6-4-3-5-7-14)8-13-9-17-12-18-10-13/h3-7,9-10,12H,2,8H2,1H3. The molecular weight excluding hydrogens is 222 g/mol. The quantitative estimate of drug-likeness (QED) is 0.821. The van der Waals surface area contributed by atoms with Gasteiger partial charge in [-0.05, 0) is 24.0 Å². The molecule has 0 fully saturated rings. The molecule has 2 aromatic rings. The van der Waals surface area contributed by atoms with E-state index in [2.05, 4.69) is 16.0 Å². The Labute approximate surface area is 107 Å². The summed E-state index contributed by atoms with van der Waals surface area (Å²) in [6, 6.07) is 12.4. The second kappa shape index (κ2) is 5.42. The lowest BCUT2D eigenvalue weighted by atomic mass is 9.75. The van der Waals surface area contributed by atoms with Crippen molar-refractivity contribution in [1.82, 2.24) is 9.97 Å². The van der Waals surface area contributed by atoms with Gasteiger partial charge in [0.2, 0.25) is 0 Å². The molecule has 0 saturated carbocycles. The summed E-state index contributed by atoms with van der Waals surface area (Å²) in [6.45, 7) is 2.04. The molecule has 0 radical (unpaired) electrons. The normalized spacial score (nSPS) is 13.6. The molecule has 3 nitrogen and oxygen atoms in total. The van der Waals surface area contributed by atoms with Crippen molar-refractivity contribution in [1.29, 1.82) is 5.26 Å². The van der Waals surface area contributed by atoms with Crippen molar-refractivity contribution in [3.8, 4) is 6.07 Å². The molecule has 0 spiro atoms. The maximum atomic E-state index is 9.60. The molecule has 18 heavy (non-hydrogen) atoms. The molecule has 1 aromatic carbocycles. The highest BCUT2D eigenvalue weighted by Gasteiger charge is 2.30. The Morgan fingerprint density at radius 1 is 1.17 bits per heavy atom. The molecular formula is C15H15N3. The van der Waals surface area contributed by atoms with Crippen LogP contribution in [0, 0.1) is 11.3 Å². The zero-order chi connectivity index (χ0) is 12.8. The van der Waals surface area contributed by atoms with Crippen LogP contribution in [0.25, 0.3) is 0 Å². The second-order valence-corrected chi connectivity index (χ2v) is 4.34. The number of nitrogens with zero attached hydrogens (tertiary/aromatic N) is 3. The summed E-state index contributed by atoms with van der Waals surface area (Å²) in [6.07, 6.45) is 6.47. The van der Waals surface area contributed by atoms with Crippen LogP contribution in [0.1, 0.15) is 24.5 Å². The fourth-order valence-corrected chi connectivity index (χ4v) is 2.14. The smallest absolute Gasteiger partial charge is 0.115 e. The summed E-state index contributed by atoms with van der Waals surface area (Å²) in [5.41, 5.74) is 1.55. The van der Waals surface area contributed by atoms with Crippen molar-refractivity contribution in [2.24, 2.45) is 0 Å². The lowest BCUT2D eigenvalue weighted by Crippen LogP contribution is -2.26. The van der Waals surface area contributed by atoms with Crippen LogP contribution in [0.15, 0.2) is 49.1 Å². The molecule has 0 bridgehead atoms. The van der Waals surface area contributed by atoms with Crippen LogP contribution in [-0.2, 0) is 11.8 Å². The Balaban J connectivity index is 2.37. The summed E-state index contributed by atoms with van der Waals surface area (Å²) < 4.78 is 0. The molecule has 3 heteroatoms. The number of hydrogen-bond acceptors (Lipinski definition) is 3. The van der Waals surface area contributed by atoms with E-state index in [0.717, 1.165) is 17.5 Å². The van der Waals surface area contributed by atoms with Gasteiger partial charge in [-0.25, -0.2) is 9.97 Å². The lowest BCUT2D eigenvalue weighted by Gasteiger charge is -2.25. The molecule has 90 valence electrons. The van der Waals surface area contributed by atoms with Crippen molar-refractivity contribution < 1.29 is 0 Å². The molecule has 0 aliphatic carbocycles. The van der Waals surface area contributed by atoms with E-state index >= 15 is 0 Å². The van der Waals surface area contributed by atoms with E-state index in [4.69, 9.17) is 0 Å². The van der Waals surface area contributed by atoms with E-state index < -0.39 is 5.41 Å². The Bertz CT molecular complexity index is 531. The van der Waals surface area contributed by atoms with Crippen LogP contribution in [0.3, 0.4) is 0 Å². The molecule has 1 aromatic heterocycles. The Kier molecular flexibility index (Phi) is 3.69. The third kappa shape index (κ3) is 2.38. The van der Waals surface area contributed by atoms with Gasteiger partial charge in [0.15, 0.2) is 0 Å². The average Bonchev–Trinajstić information content (AvgIpc) is 2.47. The van der Waals surface area contributed by atoms with Gasteiger partial charge < -0.3 is 0 Å². The van der Waals surface area contributed by atoms with Crippen LogP contribution >= 0.6 is 0 Å². The largest absolute Gasteiger partial charge is 0.245 e. The molecule has 0 aliphatic rings. The third-order valence-electron chi connectivity index (χ3n) is 3.26. The number of nitriles is 1. The van der Waals surface area contributed by atoms with E-state index in [-0.39, 0.29) is 0 Å². The fraction of sp³-hybridized carbons (Fsp3) is 0.267. The topological polar surface area (TPSA) is 49.6 Å². The summed E-state index contributed by atoms with van der Waals surface area (Å²) in [5.74, 6) is 0. The van der Waals surface area contributed by atoms with E-state index in [1.165, 1.54) is 6.33 Å². The molecule has 0 saturated heterocycles. The first kappa shape index (κ1) is 12.3. The van der Waals surface area contributed by atoms with E-state index in [0.29, 0.717) is 6.42 Å². The maximum Gasteiger partial charge on any atom is 0.115 e. The molecule has 0 aliphatic heterocycles. The number of benzene rings is 1. The maximum absolute atomic E-state index is 9.60. The minimum Gasteiger partial charge on any atom is -0.245 e. The van der Waals surface area contributed by atoms with E-state index in [9.17, 15) is 5.26 Å². The fourth-order valence-electron chi connectivity index (χ4n) is 2.14. The van der Waals surface area contributed by atoms with Crippen molar-refractivity contribution in [2.45, 2.75) is 25.2 Å². The van der Waals surface area contributed by atoms with Crippen LogP contribution in [0.5, 0.6) is 0 Å². The Morgan fingerprint density at radius 2 is 1.83 bits per heavy atom. The average molecular weight is 237 g/mol. The zero-order valence-corrected chi connectivity index (χ0v) is 10.4. The van der Waals surface area contributed by atoms with Crippen LogP contribution < -0.4 is 0 Å². The van der Waals surface area contributed by atoms with Gasteiger partial charge in [-0.3, -0.25) is 0 Å². The van der Waals surface area contributed by atoms with Crippen molar-refractivity contribution in [3.63, 3.8) is 0 Å². The van der Waals surface area contributed by atoms with Crippen LogP contribution in [-0.4, -0.2) is 9.97 Å². The van der Waals surface area contributed by atoms with Gasteiger partial charge in [0, 0.05) is 12.4 Å². The summed E-state index contributed by atoms with van der Waals surface area (Å²) >= 11 is 0. The first-order valence-electron chi connectivity index (χ1n) is 6.01. The summed E-state index contributed by atoms with van der Waals surface area (Å²) in [5, 5.41) is 9.60. The summed E-state index contributed by atoms with van der Waals surface area (Å²) in [7, 11) is 0. The molecule has 0 N–H and O–H groups in total. The van der Waals surface area contributed by atoms with Gasteiger partial charge in [0.1, 0.15) is 6.33 Å². The Hall–Kier alpha value is -2.21. The van der Waals surface area contributed by atoms with Crippen molar-refractivity contribution in [3.05, 3.63) is 60.2 Å². The minimum atomic E-state index is -0.494. The van der Waals surface area contributed by atoms with Gasteiger partial charge in [-0.2, -0.15) is 5.26 Å². The highest BCUT2D eigenvalue weighted by molar-refractivity contribution is 5.34. The van der Waals surface area contributed by atoms with Crippen molar-refractivity contribution in [2.75, 3.05) is 0 Å². The zero-order valence-electron chi connectivity index (χ0n) is 10.4. The van der Waals surface area contributed by atoms with Crippen LogP contribution in [0.4, 0.5) is 0 Å². The van der Waals surface area contributed by atoms with Gasteiger partial charge in [0.05, 0.1) is 11.5 Å². The minimum absolute atomic E-state index is 0.494. The highest BCUT2D eigenvalue weighted by Crippen LogP contribution is 2.30. The molecule has 2 rings (SSSR count). The van der Waals surface area contributed by atoms with Crippen LogP contribution in [0.2, 0.25) is 0 Å². The molecule has 1 atom stereocenters. The van der Waals surface area contributed by atoms with E-state index in [1.54, 1.807) is 12.4 Å². The predicted molar refractivity (Wildman–Crippen MR) is 69.8 cm³/mol. The number of hydrogen-bond donors (Lipinski definition) is 0. The summed E-state index contributed by atoms with van der Waals surface area (Å²) in [4.78, 5) is 8.02. The van der Waals surface area contributed by atoms with Gasteiger partial charge in [-0.1, -0.05) is 37.3 Å². The Morgan fingerprint density at radius 3 is 2.39 bits per heavy atom. The SMILES string of the molecule is CCC(C#N)(Cc1cncnc1)c1ccccc1. The lowest BCUT2D eigenvalue weighted by molar-refractivity contribution is 0.524. The van der Waals surface area contributed by atoms with Gasteiger partial charge in [0.25, 0.3) is 0 Å². The van der Waals surface area contributed by atoms with E-state index in [1.807, 2.05) is 37.3 Å². The molecule has 0 amide bonds. The number of aromatic nitrogens is 2. The monoisotopic (exact) mass is 237 g/mol. The van der Waals surface area contributed by atoms with Gasteiger partial charge >= 0.3 is 0 Å². The third-order valence-corrected chi connectivity index (χ3v) is 3.26. The predicted octanol–water partition coefficient (Wildman–Crippen LogP) is 2.89. The first-order chi connectivity index (χ1) is 8.80. The second-order valence-electron chi connectivity index (χ2n) is 4.34. The van der Waals surface area contributed by atoms with Crippen molar-refractivity contribution >= 4 is 0 Å². The molecule has 1 unspecified atom stereocenters. The molecule has 1 heterocycles. The van der Waals surface area contributed by atoms with Gasteiger partial charge in [-0.15, -0.1) is 0 Å². The number of rotatable bonds is 4.